The summed E-state index contributed by atoms with van der Waals surface area (Å²) in [5.74, 6) is -1.20. The first kappa shape index (κ1) is 15.6. The molecule has 0 saturated carbocycles. The predicted octanol–water partition coefficient (Wildman–Crippen LogP) is 1.77. The van der Waals surface area contributed by atoms with Gasteiger partial charge >= 0.3 is 12.5 Å². The fourth-order valence-electron chi connectivity index (χ4n) is 1.50. The van der Waals surface area contributed by atoms with Gasteiger partial charge in [0.2, 0.25) is 5.91 Å². The van der Waals surface area contributed by atoms with Crippen molar-refractivity contribution in [3.63, 3.8) is 0 Å². The van der Waals surface area contributed by atoms with Crippen molar-refractivity contribution in [3.8, 4) is 5.75 Å². The Balaban J connectivity index is 2.86. The molecule has 0 saturated heterocycles. The summed E-state index contributed by atoms with van der Waals surface area (Å²) < 4.78 is 39.6. The van der Waals surface area contributed by atoms with Crippen LogP contribution in [0.4, 0.5) is 18.0 Å². The van der Waals surface area contributed by atoms with Crippen molar-refractivity contribution < 1.29 is 32.6 Å². The van der Waals surface area contributed by atoms with Crippen LogP contribution in [0.5, 0.6) is 5.75 Å². The lowest BCUT2D eigenvalue weighted by Crippen LogP contribution is -2.30. The second-order valence-electron chi connectivity index (χ2n) is 3.79. The largest absolute Gasteiger partial charge is 0.573 e. The number of rotatable bonds is 5. The average molecular weight is 292 g/mol. The molecule has 1 aromatic carbocycles. The molecule has 0 aliphatic heterocycles. The highest BCUT2D eigenvalue weighted by Crippen LogP contribution is 2.25. The van der Waals surface area contributed by atoms with E-state index < -0.39 is 30.2 Å². The lowest BCUT2D eigenvalue weighted by Gasteiger charge is -2.16. The zero-order chi connectivity index (χ0) is 15.3. The molecule has 0 aliphatic carbocycles. The molecule has 0 fully saturated rings. The summed E-state index contributed by atoms with van der Waals surface area (Å²) in [5.41, 5.74) is 5.27. The molecule has 0 aliphatic rings. The summed E-state index contributed by atoms with van der Waals surface area (Å²) >= 11 is 0. The summed E-state index contributed by atoms with van der Waals surface area (Å²) in [6.45, 7) is 0. The van der Waals surface area contributed by atoms with E-state index in [1.807, 2.05) is 5.32 Å². The molecule has 110 valence electrons. The van der Waals surface area contributed by atoms with Gasteiger partial charge in [0.15, 0.2) is 0 Å². The topological polar surface area (TPSA) is 102 Å². The summed E-state index contributed by atoms with van der Waals surface area (Å²) in [6.07, 6.45) is -6.51. The number of primary amides is 1. The molecular formula is C11H11F3N2O4. The van der Waals surface area contributed by atoms with Crippen LogP contribution < -0.4 is 15.8 Å². The Labute approximate surface area is 111 Å². The number of benzene rings is 1. The Hall–Kier alpha value is -2.45. The fraction of sp³-hybridized carbons (Fsp3) is 0.273. The van der Waals surface area contributed by atoms with Crippen LogP contribution in [-0.4, -0.2) is 23.5 Å². The van der Waals surface area contributed by atoms with Gasteiger partial charge in [-0.25, -0.2) is 4.79 Å². The van der Waals surface area contributed by atoms with Crippen molar-refractivity contribution in [1.82, 2.24) is 5.32 Å². The zero-order valence-corrected chi connectivity index (χ0v) is 9.98. The summed E-state index contributed by atoms with van der Waals surface area (Å²) in [7, 11) is 0. The molecule has 1 atom stereocenters. The molecule has 6 nitrogen and oxygen atoms in total. The number of hydrogen-bond acceptors (Lipinski definition) is 3. The van der Waals surface area contributed by atoms with E-state index in [1.165, 1.54) is 12.1 Å². The van der Waals surface area contributed by atoms with Crippen molar-refractivity contribution in [2.75, 3.05) is 0 Å². The Bertz CT molecular complexity index is 471. The number of carbonyl (C=O) groups is 2. The Morgan fingerprint density at radius 1 is 1.30 bits per heavy atom. The minimum absolute atomic E-state index is 0.292. The lowest BCUT2D eigenvalue weighted by atomic mass is 10.0. The van der Waals surface area contributed by atoms with Crippen molar-refractivity contribution in [2.24, 2.45) is 5.73 Å². The van der Waals surface area contributed by atoms with Gasteiger partial charge in [-0.2, -0.15) is 0 Å². The highest BCUT2D eigenvalue weighted by Gasteiger charge is 2.31. The predicted molar refractivity (Wildman–Crippen MR) is 60.8 cm³/mol. The minimum atomic E-state index is -4.81. The molecule has 1 aromatic rings. The number of carbonyl (C=O) groups excluding carboxylic acids is 1. The molecule has 9 heteroatoms. The third-order valence-electron chi connectivity index (χ3n) is 2.22. The van der Waals surface area contributed by atoms with Crippen molar-refractivity contribution >= 4 is 12.0 Å². The van der Waals surface area contributed by atoms with E-state index in [0.717, 1.165) is 12.1 Å². The minimum Gasteiger partial charge on any atom is -0.465 e. The molecule has 0 aromatic heterocycles. The van der Waals surface area contributed by atoms with E-state index in [9.17, 15) is 22.8 Å². The van der Waals surface area contributed by atoms with Gasteiger partial charge in [-0.15, -0.1) is 13.2 Å². The molecule has 20 heavy (non-hydrogen) atoms. The van der Waals surface area contributed by atoms with Gasteiger partial charge in [0.1, 0.15) is 5.75 Å². The molecule has 0 spiro atoms. The van der Waals surface area contributed by atoms with Crippen LogP contribution in [0.2, 0.25) is 0 Å². The highest BCUT2D eigenvalue weighted by molar-refractivity contribution is 5.76. The van der Waals surface area contributed by atoms with Crippen LogP contribution in [0.1, 0.15) is 18.0 Å². The maximum Gasteiger partial charge on any atom is 0.573 e. The second-order valence-corrected chi connectivity index (χ2v) is 3.79. The normalized spacial score (nSPS) is 12.6. The van der Waals surface area contributed by atoms with Crippen LogP contribution >= 0.6 is 0 Å². The summed E-state index contributed by atoms with van der Waals surface area (Å²) in [5, 5.41) is 10.7. The molecule has 1 rings (SSSR count). The van der Waals surface area contributed by atoms with Crippen LogP contribution in [0.15, 0.2) is 24.3 Å². The molecule has 0 heterocycles. The first-order chi connectivity index (χ1) is 9.17. The van der Waals surface area contributed by atoms with Crippen molar-refractivity contribution in [2.45, 2.75) is 18.8 Å². The Kier molecular flexibility index (Phi) is 4.78. The first-order valence-corrected chi connectivity index (χ1v) is 5.31. The molecule has 0 radical (unpaired) electrons. The quantitative estimate of drug-likeness (QED) is 0.769. The number of carboxylic acid groups (broad SMARTS) is 1. The molecule has 0 bridgehead atoms. The van der Waals surface area contributed by atoms with Crippen molar-refractivity contribution in [3.05, 3.63) is 29.8 Å². The maximum absolute atomic E-state index is 12.0. The number of hydrogen-bond donors (Lipinski definition) is 3. The summed E-state index contributed by atoms with van der Waals surface area (Å²) in [4.78, 5) is 21.4. The van der Waals surface area contributed by atoms with Crippen LogP contribution in [0.3, 0.4) is 0 Å². The standard InChI is InChI=1S/C11H11F3N2O4/c12-11(13,14)20-7-3-1-6(2-4-7)8(5-9(15)17)16-10(18)19/h1-4,8,16H,5H2,(H2,15,17)(H,18,19). The van der Waals surface area contributed by atoms with Gasteiger partial charge in [0.05, 0.1) is 12.5 Å². The number of halogens is 3. The summed E-state index contributed by atoms with van der Waals surface area (Å²) in [6, 6.07) is 3.51. The van der Waals surface area contributed by atoms with E-state index in [-0.39, 0.29) is 6.42 Å². The highest BCUT2D eigenvalue weighted by atomic mass is 19.4. The third kappa shape index (κ3) is 5.46. The fourth-order valence-corrected chi connectivity index (χ4v) is 1.50. The zero-order valence-electron chi connectivity index (χ0n) is 9.98. The van der Waals surface area contributed by atoms with E-state index in [0.29, 0.717) is 5.56 Å². The van der Waals surface area contributed by atoms with Gasteiger partial charge in [-0.05, 0) is 17.7 Å². The van der Waals surface area contributed by atoms with Gasteiger partial charge in [-0.1, -0.05) is 12.1 Å². The smallest absolute Gasteiger partial charge is 0.465 e. The maximum atomic E-state index is 12.0. The van der Waals surface area contributed by atoms with Crippen LogP contribution in [0.25, 0.3) is 0 Å². The van der Waals surface area contributed by atoms with E-state index in [4.69, 9.17) is 10.8 Å². The average Bonchev–Trinajstić information content (AvgIpc) is 2.25. The van der Waals surface area contributed by atoms with E-state index in [1.54, 1.807) is 0 Å². The van der Waals surface area contributed by atoms with E-state index in [2.05, 4.69) is 4.74 Å². The third-order valence-corrected chi connectivity index (χ3v) is 2.22. The Morgan fingerprint density at radius 2 is 1.85 bits per heavy atom. The molecule has 1 unspecified atom stereocenters. The van der Waals surface area contributed by atoms with Gasteiger partial charge in [0, 0.05) is 0 Å². The molecule has 4 N–H and O–H groups in total. The van der Waals surface area contributed by atoms with Crippen molar-refractivity contribution in [1.29, 1.82) is 0 Å². The monoisotopic (exact) mass is 292 g/mol. The number of nitrogens with two attached hydrogens (primary N) is 1. The first-order valence-electron chi connectivity index (χ1n) is 5.31. The number of ether oxygens (including phenoxy) is 1. The molecular weight excluding hydrogens is 281 g/mol. The lowest BCUT2D eigenvalue weighted by molar-refractivity contribution is -0.274. The second kappa shape index (κ2) is 6.13. The van der Waals surface area contributed by atoms with Gasteiger partial charge < -0.3 is 20.9 Å². The van der Waals surface area contributed by atoms with E-state index >= 15 is 0 Å². The van der Waals surface area contributed by atoms with Gasteiger partial charge in [0.25, 0.3) is 0 Å². The number of nitrogens with one attached hydrogen (secondary N) is 1. The number of amides is 2. The van der Waals surface area contributed by atoms with Crippen LogP contribution in [0, 0.1) is 0 Å². The van der Waals surface area contributed by atoms with Gasteiger partial charge in [-0.3, -0.25) is 4.79 Å². The SMILES string of the molecule is NC(=O)CC(NC(=O)O)c1ccc(OC(F)(F)F)cc1. The number of alkyl halides is 3. The molecule has 2 amide bonds. The Morgan fingerprint density at radius 3 is 2.25 bits per heavy atom. The van der Waals surface area contributed by atoms with Crippen LogP contribution in [-0.2, 0) is 4.79 Å².